The van der Waals surface area contributed by atoms with Gasteiger partial charge in [0.25, 0.3) is 0 Å². The van der Waals surface area contributed by atoms with Gasteiger partial charge >= 0.3 is 0 Å². The van der Waals surface area contributed by atoms with Crippen LogP contribution in [0.15, 0.2) is 0 Å². The standard InChI is InChI=1S/C41H62N2O7/c1-23-6-13-28(14-7-23)50-35-22-26(41(2,3)4)10-19-34(35)49-29-15-11-27(12-16-29)43-39(47)31-18-9-25(21-33(31)40(43)48)36(44)24-8-17-30-32(20-24)38(46)42(5)37(30)45/h23-35H,6-22H2,1-5H3. The number of ether oxygens (including phenoxy) is 2. The van der Waals surface area contributed by atoms with Crippen LogP contribution in [0.2, 0.25) is 0 Å². The van der Waals surface area contributed by atoms with Crippen LogP contribution < -0.4 is 0 Å². The average Bonchev–Trinajstić information content (AvgIpc) is 3.48. The van der Waals surface area contributed by atoms with Gasteiger partial charge in [0, 0.05) is 24.9 Å². The van der Waals surface area contributed by atoms with E-state index in [-0.39, 0.29) is 82.9 Å². The van der Waals surface area contributed by atoms with Gasteiger partial charge in [0.15, 0.2) is 0 Å². The molecule has 0 N–H and O–H groups in total. The summed E-state index contributed by atoms with van der Waals surface area (Å²) in [5, 5.41) is 0. The molecule has 0 aromatic heterocycles. The van der Waals surface area contributed by atoms with E-state index in [2.05, 4.69) is 27.7 Å². The summed E-state index contributed by atoms with van der Waals surface area (Å²) < 4.78 is 13.7. The van der Waals surface area contributed by atoms with Gasteiger partial charge in [0.1, 0.15) is 5.78 Å². The van der Waals surface area contributed by atoms with Gasteiger partial charge < -0.3 is 9.47 Å². The summed E-state index contributed by atoms with van der Waals surface area (Å²) in [5.41, 5.74) is 0.249. The van der Waals surface area contributed by atoms with Gasteiger partial charge in [-0.05, 0) is 126 Å². The maximum atomic E-state index is 13.9. The maximum absolute atomic E-state index is 13.9. The normalized spacial score (nSPS) is 42.9. The fourth-order valence-electron chi connectivity index (χ4n) is 11.2. The van der Waals surface area contributed by atoms with Gasteiger partial charge in [-0.1, -0.05) is 27.7 Å². The van der Waals surface area contributed by atoms with Crippen LogP contribution in [0.4, 0.5) is 0 Å². The zero-order valence-electron chi connectivity index (χ0n) is 31.3. The lowest BCUT2D eigenvalue weighted by Crippen LogP contribution is -2.47. The van der Waals surface area contributed by atoms with Crippen molar-refractivity contribution in [3.63, 3.8) is 0 Å². The predicted octanol–water partition coefficient (Wildman–Crippen LogP) is 6.49. The highest BCUT2D eigenvalue weighted by atomic mass is 16.6. The number of carbonyl (C=O) groups excluding carboxylic acids is 5. The molecule has 278 valence electrons. The zero-order valence-corrected chi connectivity index (χ0v) is 31.3. The van der Waals surface area contributed by atoms with Gasteiger partial charge in [0.05, 0.1) is 48.1 Å². The Morgan fingerprint density at radius 2 is 1.08 bits per heavy atom. The lowest BCUT2D eigenvalue weighted by molar-refractivity contribution is -0.166. The minimum atomic E-state index is -0.421. The van der Waals surface area contributed by atoms with Crippen LogP contribution in [-0.4, -0.2) is 76.7 Å². The van der Waals surface area contributed by atoms with E-state index in [1.54, 1.807) is 4.90 Å². The quantitative estimate of drug-likeness (QED) is 0.280. The number of carbonyl (C=O) groups is 5. The Morgan fingerprint density at radius 1 is 0.580 bits per heavy atom. The van der Waals surface area contributed by atoms with Gasteiger partial charge in [-0.25, -0.2) is 0 Å². The first-order valence-corrected chi connectivity index (χ1v) is 20.3. The van der Waals surface area contributed by atoms with Crippen molar-refractivity contribution in [3.8, 4) is 0 Å². The summed E-state index contributed by atoms with van der Waals surface area (Å²) in [7, 11) is 1.54. The molecule has 0 spiro atoms. The van der Waals surface area contributed by atoms with E-state index < -0.39 is 11.8 Å². The van der Waals surface area contributed by atoms with Crippen molar-refractivity contribution in [2.45, 2.75) is 167 Å². The SMILES string of the molecule is CC1CCC(OC2CC(C(C)(C)C)CCC2OC2CCC(N3C(=O)C4CCC(C(=O)C5CCC6C(=O)N(C)C(=O)C6C5)CC4C3=O)CC2)CC1. The molecule has 7 fully saturated rings. The second-order valence-corrected chi connectivity index (χ2v) is 18.7. The highest BCUT2D eigenvalue weighted by molar-refractivity contribution is 6.06. The number of amides is 4. The Hall–Kier alpha value is -2.13. The smallest absolute Gasteiger partial charge is 0.233 e. The molecule has 0 aromatic carbocycles. The van der Waals surface area contributed by atoms with Crippen LogP contribution in [0, 0.1) is 52.8 Å². The van der Waals surface area contributed by atoms with E-state index in [1.165, 1.54) is 24.8 Å². The number of ketones is 1. The van der Waals surface area contributed by atoms with Crippen molar-refractivity contribution in [1.29, 1.82) is 0 Å². The first kappa shape index (κ1) is 36.2. The van der Waals surface area contributed by atoms with E-state index in [0.29, 0.717) is 50.5 Å². The fraction of sp³-hybridized carbons (Fsp3) is 0.878. The largest absolute Gasteiger partial charge is 0.372 e. The lowest BCUT2D eigenvalue weighted by atomic mass is 9.67. The highest BCUT2D eigenvalue weighted by Crippen LogP contribution is 2.47. The van der Waals surface area contributed by atoms with E-state index in [9.17, 15) is 24.0 Å². The van der Waals surface area contributed by atoms with Crippen LogP contribution in [-0.2, 0) is 33.4 Å². The third-order valence-electron chi connectivity index (χ3n) is 14.6. The molecule has 2 heterocycles. The lowest BCUT2D eigenvalue weighted by Gasteiger charge is -2.45. The summed E-state index contributed by atoms with van der Waals surface area (Å²) in [5.74, 6) is -0.802. The molecule has 0 bridgehead atoms. The molecular weight excluding hydrogens is 632 g/mol. The van der Waals surface area contributed by atoms with Crippen LogP contribution in [0.5, 0.6) is 0 Å². The Balaban J connectivity index is 0.924. The van der Waals surface area contributed by atoms with E-state index in [4.69, 9.17) is 9.47 Å². The molecule has 9 heteroatoms. The molecule has 9 unspecified atom stereocenters. The molecule has 9 nitrogen and oxygen atoms in total. The molecule has 0 radical (unpaired) electrons. The minimum Gasteiger partial charge on any atom is -0.372 e. The second kappa shape index (κ2) is 14.4. The summed E-state index contributed by atoms with van der Waals surface area (Å²) in [6, 6.07) is -0.0966. The molecule has 9 atom stereocenters. The number of fused-ring (bicyclic) bond motifs is 2. The third-order valence-corrected chi connectivity index (χ3v) is 14.6. The molecule has 5 saturated carbocycles. The molecule has 4 amide bonds. The first-order chi connectivity index (χ1) is 23.8. The van der Waals surface area contributed by atoms with Crippen molar-refractivity contribution in [1.82, 2.24) is 9.80 Å². The van der Waals surface area contributed by atoms with Crippen molar-refractivity contribution >= 4 is 29.4 Å². The number of imide groups is 2. The Kier molecular flexibility index (Phi) is 10.4. The molecule has 0 aromatic rings. The topological polar surface area (TPSA) is 110 Å². The summed E-state index contributed by atoms with van der Waals surface area (Å²) in [6.07, 6.45) is 15.1. The van der Waals surface area contributed by atoms with Crippen molar-refractivity contribution in [2.24, 2.45) is 52.8 Å². The van der Waals surface area contributed by atoms with Gasteiger partial charge in [-0.15, -0.1) is 0 Å². The number of rotatable bonds is 7. The zero-order chi connectivity index (χ0) is 35.5. The molecular formula is C41H62N2O7. The molecule has 2 saturated heterocycles. The van der Waals surface area contributed by atoms with Gasteiger partial charge in [-0.2, -0.15) is 0 Å². The van der Waals surface area contributed by atoms with Crippen LogP contribution in [0.3, 0.4) is 0 Å². The second-order valence-electron chi connectivity index (χ2n) is 18.7. The molecule has 50 heavy (non-hydrogen) atoms. The van der Waals surface area contributed by atoms with Crippen molar-refractivity contribution < 1.29 is 33.4 Å². The van der Waals surface area contributed by atoms with Crippen molar-refractivity contribution in [3.05, 3.63) is 0 Å². The van der Waals surface area contributed by atoms with Crippen LogP contribution in [0.25, 0.3) is 0 Å². The molecule has 7 rings (SSSR count). The maximum Gasteiger partial charge on any atom is 0.233 e. The van der Waals surface area contributed by atoms with E-state index in [1.807, 2.05) is 0 Å². The van der Waals surface area contributed by atoms with Crippen molar-refractivity contribution in [2.75, 3.05) is 7.05 Å². The molecule has 5 aliphatic carbocycles. The van der Waals surface area contributed by atoms with E-state index in [0.717, 1.165) is 63.7 Å². The van der Waals surface area contributed by atoms with Gasteiger partial charge in [-0.3, -0.25) is 33.8 Å². The number of hydrogen-bond acceptors (Lipinski definition) is 7. The fourth-order valence-corrected chi connectivity index (χ4v) is 11.2. The summed E-state index contributed by atoms with van der Waals surface area (Å²) in [4.78, 5) is 69.3. The Bertz CT molecular complexity index is 1320. The number of hydrogen-bond donors (Lipinski definition) is 0. The van der Waals surface area contributed by atoms with Gasteiger partial charge in [0.2, 0.25) is 23.6 Å². The number of likely N-dealkylation sites (tertiary alicyclic amines) is 2. The number of Topliss-reactive ketones (excluding diaryl/α,β-unsaturated/α-hetero) is 1. The Morgan fingerprint density at radius 3 is 1.68 bits per heavy atom. The minimum absolute atomic E-state index is 0.0374. The predicted molar refractivity (Wildman–Crippen MR) is 187 cm³/mol. The summed E-state index contributed by atoms with van der Waals surface area (Å²) in [6.45, 7) is 9.39. The van der Waals surface area contributed by atoms with Crippen LogP contribution >= 0.6 is 0 Å². The average molecular weight is 695 g/mol. The Labute approximate surface area is 299 Å². The van der Waals surface area contributed by atoms with Crippen LogP contribution in [0.1, 0.15) is 137 Å². The molecule has 7 aliphatic rings. The first-order valence-electron chi connectivity index (χ1n) is 20.3. The molecule has 2 aliphatic heterocycles. The number of nitrogens with zero attached hydrogens (tertiary/aromatic N) is 2. The van der Waals surface area contributed by atoms with E-state index >= 15 is 0 Å². The third kappa shape index (κ3) is 7.00. The summed E-state index contributed by atoms with van der Waals surface area (Å²) >= 11 is 0. The highest BCUT2D eigenvalue weighted by Gasteiger charge is 2.55. The monoisotopic (exact) mass is 694 g/mol.